The van der Waals surface area contributed by atoms with Crippen molar-refractivity contribution in [3.63, 3.8) is 0 Å². The molecular formula is C36H34ClF3N2O3. The second-order valence-corrected chi connectivity index (χ2v) is 11.4. The van der Waals surface area contributed by atoms with Crippen LogP contribution in [0.25, 0.3) is 10.9 Å². The van der Waals surface area contributed by atoms with E-state index < -0.39 is 17.7 Å². The van der Waals surface area contributed by atoms with Gasteiger partial charge in [-0.1, -0.05) is 90.5 Å². The van der Waals surface area contributed by atoms with Crippen LogP contribution < -0.4 is 9.57 Å². The summed E-state index contributed by atoms with van der Waals surface area (Å²) in [4.78, 5) is 18.9. The minimum atomic E-state index is -4.55. The molecule has 0 aliphatic rings. The van der Waals surface area contributed by atoms with Crippen LogP contribution in [0, 0.1) is 0 Å². The molecule has 1 aromatic heterocycles. The summed E-state index contributed by atoms with van der Waals surface area (Å²) in [6.07, 6.45) is -2.53. The SMILES string of the molecule is CC(=O)On1ccc2c(OC(C)CCN(Cc3cccc(C(F)(F)F)c3Cl)CC(c3ccccc3)c3ccccc3)cccc21. The number of hydrogen-bond acceptors (Lipinski definition) is 4. The van der Waals surface area contributed by atoms with Gasteiger partial charge in [0.1, 0.15) is 5.75 Å². The van der Waals surface area contributed by atoms with Crippen LogP contribution in [0.5, 0.6) is 5.75 Å². The van der Waals surface area contributed by atoms with E-state index in [1.165, 1.54) is 17.7 Å². The fourth-order valence-corrected chi connectivity index (χ4v) is 5.80. The van der Waals surface area contributed by atoms with Crippen LogP contribution in [0.1, 0.15) is 48.4 Å². The van der Waals surface area contributed by atoms with Crippen LogP contribution in [0.15, 0.2) is 109 Å². The molecule has 0 saturated heterocycles. The summed E-state index contributed by atoms with van der Waals surface area (Å²) in [5, 5.41) is 0.519. The van der Waals surface area contributed by atoms with Gasteiger partial charge in [-0.3, -0.25) is 4.90 Å². The van der Waals surface area contributed by atoms with Crippen LogP contribution in [-0.2, 0) is 17.5 Å². The minimum absolute atomic E-state index is 0.0250. The molecule has 45 heavy (non-hydrogen) atoms. The zero-order valence-corrected chi connectivity index (χ0v) is 25.8. The number of hydrogen-bond donors (Lipinski definition) is 0. The fourth-order valence-electron chi connectivity index (χ4n) is 5.50. The number of carbonyl (C=O) groups excluding carboxylic acids is 1. The summed E-state index contributed by atoms with van der Waals surface area (Å²) in [6.45, 7) is 4.62. The maximum absolute atomic E-state index is 13.7. The van der Waals surface area contributed by atoms with E-state index >= 15 is 0 Å². The van der Waals surface area contributed by atoms with Gasteiger partial charge in [-0.15, -0.1) is 0 Å². The highest BCUT2D eigenvalue weighted by molar-refractivity contribution is 6.32. The van der Waals surface area contributed by atoms with Crippen molar-refractivity contribution in [1.29, 1.82) is 0 Å². The lowest BCUT2D eigenvalue weighted by atomic mass is 9.90. The Balaban J connectivity index is 1.40. The van der Waals surface area contributed by atoms with Gasteiger partial charge in [0.2, 0.25) is 0 Å². The minimum Gasteiger partial charge on any atom is -0.490 e. The van der Waals surface area contributed by atoms with Crippen LogP contribution in [-0.4, -0.2) is 34.8 Å². The standard InChI is InChI=1S/C36H34ClF3N2O3/c1-25(44-34-18-10-17-33-30(34)20-22-42(33)45-26(2)43)19-21-41(23-29-15-9-16-32(35(29)37)36(38,39)40)24-31(27-11-5-3-6-12-27)28-13-7-4-8-14-28/h3-18,20,22,25,31H,19,21,23-24H2,1-2H3. The Bertz CT molecular complexity index is 1690. The van der Waals surface area contributed by atoms with Crippen molar-refractivity contribution in [1.82, 2.24) is 9.63 Å². The third-order valence-electron chi connectivity index (χ3n) is 7.69. The van der Waals surface area contributed by atoms with Gasteiger partial charge >= 0.3 is 12.1 Å². The summed E-state index contributed by atoms with van der Waals surface area (Å²) < 4.78 is 48.9. The van der Waals surface area contributed by atoms with Crippen molar-refractivity contribution in [3.05, 3.63) is 137 Å². The van der Waals surface area contributed by atoms with Crippen molar-refractivity contribution in [2.45, 2.75) is 45.0 Å². The van der Waals surface area contributed by atoms with Gasteiger partial charge in [-0.2, -0.15) is 17.9 Å². The van der Waals surface area contributed by atoms with Crippen molar-refractivity contribution in [3.8, 4) is 5.75 Å². The molecule has 5 aromatic rings. The first-order valence-electron chi connectivity index (χ1n) is 14.7. The average molecular weight is 635 g/mol. The first kappa shape index (κ1) is 32.1. The number of nitrogens with zero attached hydrogens (tertiary/aromatic N) is 2. The molecular weight excluding hydrogens is 601 g/mol. The molecule has 5 rings (SSSR count). The van der Waals surface area contributed by atoms with E-state index in [1.54, 1.807) is 12.3 Å². The highest BCUT2D eigenvalue weighted by atomic mass is 35.5. The van der Waals surface area contributed by atoms with Gasteiger partial charge in [-0.05, 0) is 54.3 Å². The number of benzene rings is 4. The fraction of sp³-hybridized carbons (Fsp3) is 0.250. The third-order valence-corrected chi connectivity index (χ3v) is 8.13. The first-order valence-corrected chi connectivity index (χ1v) is 15.1. The van der Waals surface area contributed by atoms with E-state index in [0.29, 0.717) is 36.3 Å². The smallest absolute Gasteiger partial charge is 0.417 e. The van der Waals surface area contributed by atoms with Gasteiger partial charge in [0.05, 0.1) is 22.2 Å². The summed E-state index contributed by atoms with van der Waals surface area (Å²) in [7, 11) is 0. The van der Waals surface area contributed by atoms with E-state index in [9.17, 15) is 18.0 Å². The number of alkyl halides is 3. The second kappa shape index (κ2) is 14.2. The third kappa shape index (κ3) is 8.07. The zero-order valence-electron chi connectivity index (χ0n) is 25.0. The number of ether oxygens (including phenoxy) is 1. The molecule has 0 saturated carbocycles. The molecule has 5 nitrogen and oxygen atoms in total. The van der Waals surface area contributed by atoms with Gasteiger partial charge in [0.25, 0.3) is 0 Å². The van der Waals surface area contributed by atoms with Crippen molar-refractivity contribution in [2.24, 2.45) is 0 Å². The molecule has 4 aromatic carbocycles. The van der Waals surface area contributed by atoms with Crippen molar-refractivity contribution in [2.75, 3.05) is 13.1 Å². The van der Waals surface area contributed by atoms with E-state index in [2.05, 4.69) is 29.2 Å². The van der Waals surface area contributed by atoms with E-state index in [-0.39, 0.29) is 23.6 Å². The molecule has 1 atom stereocenters. The maximum Gasteiger partial charge on any atom is 0.417 e. The summed E-state index contributed by atoms with van der Waals surface area (Å²) >= 11 is 6.36. The Hall–Kier alpha value is -4.27. The lowest BCUT2D eigenvalue weighted by molar-refractivity contribution is -0.141. The molecule has 1 unspecified atom stereocenters. The molecule has 0 aliphatic carbocycles. The highest BCUT2D eigenvalue weighted by Crippen LogP contribution is 2.37. The quantitative estimate of drug-likeness (QED) is 0.138. The molecule has 9 heteroatoms. The van der Waals surface area contributed by atoms with Gasteiger partial charge < -0.3 is 9.57 Å². The highest BCUT2D eigenvalue weighted by Gasteiger charge is 2.34. The second-order valence-electron chi connectivity index (χ2n) is 11.0. The Labute approximate surface area is 265 Å². The predicted molar refractivity (Wildman–Crippen MR) is 170 cm³/mol. The number of rotatable bonds is 12. The molecule has 0 radical (unpaired) electrons. The number of fused-ring (bicyclic) bond motifs is 1. The summed E-state index contributed by atoms with van der Waals surface area (Å²) in [5.41, 5.74) is 2.49. The van der Waals surface area contributed by atoms with Crippen molar-refractivity contribution < 1.29 is 27.5 Å². The van der Waals surface area contributed by atoms with Gasteiger partial charge in [0.15, 0.2) is 0 Å². The number of halogens is 4. The number of aromatic nitrogens is 1. The Morgan fingerprint density at radius 3 is 2.16 bits per heavy atom. The van der Waals surface area contributed by atoms with E-state index in [1.807, 2.05) is 67.6 Å². The predicted octanol–water partition coefficient (Wildman–Crippen LogP) is 8.78. The summed E-state index contributed by atoms with van der Waals surface area (Å²) in [6, 6.07) is 31.6. The van der Waals surface area contributed by atoms with Gasteiger partial charge in [0, 0.05) is 44.1 Å². The lowest BCUT2D eigenvalue weighted by Gasteiger charge is -2.30. The topological polar surface area (TPSA) is 43.7 Å². The molecule has 0 spiro atoms. The molecule has 0 bridgehead atoms. The lowest BCUT2D eigenvalue weighted by Crippen LogP contribution is -2.32. The monoisotopic (exact) mass is 634 g/mol. The molecule has 0 fully saturated rings. The largest absolute Gasteiger partial charge is 0.490 e. The van der Waals surface area contributed by atoms with Crippen LogP contribution in [0.2, 0.25) is 5.02 Å². The maximum atomic E-state index is 13.7. The van der Waals surface area contributed by atoms with Gasteiger partial charge in [-0.25, -0.2) is 4.79 Å². The molecule has 234 valence electrons. The molecule has 1 heterocycles. The normalized spacial score (nSPS) is 12.5. The zero-order chi connectivity index (χ0) is 32.0. The van der Waals surface area contributed by atoms with E-state index in [4.69, 9.17) is 21.2 Å². The number of carbonyl (C=O) groups is 1. The summed E-state index contributed by atoms with van der Waals surface area (Å²) in [5.74, 6) is 0.185. The molecule has 0 amide bonds. The molecule has 0 N–H and O–H groups in total. The van der Waals surface area contributed by atoms with Crippen LogP contribution >= 0.6 is 11.6 Å². The van der Waals surface area contributed by atoms with Crippen molar-refractivity contribution >= 4 is 28.5 Å². The van der Waals surface area contributed by atoms with E-state index in [0.717, 1.165) is 22.6 Å². The average Bonchev–Trinajstić information content (AvgIpc) is 3.42. The molecule has 0 aliphatic heterocycles. The Morgan fingerprint density at radius 1 is 0.889 bits per heavy atom. The first-order chi connectivity index (χ1) is 21.6. The van der Waals surface area contributed by atoms with Crippen LogP contribution in [0.3, 0.4) is 0 Å². The Kier molecular flexibility index (Phi) is 10.2. The Morgan fingerprint density at radius 2 is 1.53 bits per heavy atom. The van der Waals surface area contributed by atoms with Crippen LogP contribution in [0.4, 0.5) is 13.2 Å².